The Balaban J connectivity index is 1.40. The monoisotopic (exact) mass is 433 g/mol. The first-order valence-electron chi connectivity index (χ1n) is 10.9. The highest BCUT2D eigenvalue weighted by molar-refractivity contribution is 5.92. The fourth-order valence-electron chi connectivity index (χ4n) is 3.90. The number of piperidine rings is 1. The summed E-state index contributed by atoms with van der Waals surface area (Å²) in [7, 11) is 0. The van der Waals surface area contributed by atoms with Crippen molar-refractivity contribution in [3.05, 3.63) is 77.2 Å². The smallest absolute Gasteiger partial charge is 0.275 e. The lowest BCUT2D eigenvalue weighted by Gasteiger charge is -2.25. The number of oxazole rings is 1. The summed E-state index contributed by atoms with van der Waals surface area (Å²) < 4.78 is 5.60. The second-order valence-electron chi connectivity index (χ2n) is 8.07. The summed E-state index contributed by atoms with van der Waals surface area (Å²) in [5, 5.41) is 13.0. The van der Waals surface area contributed by atoms with Gasteiger partial charge in [0.2, 0.25) is 5.89 Å². The van der Waals surface area contributed by atoms with E-state index in [1.165, 1.54) is 6.26 Å². The molecule has 7 heteroatoms. The van der Waals surface area contributed by atoms with Gasteiger partial charge in [-0.1, -0.05) is 42.5 Å². The molecule has 0 unspecified atom stereocenters. The van der Waals surface area contributed by atoms with E-state index in [4.69, 9.17) is 4.42 Å². The molecule has 1 atom stereocenters. The number of aliphatic hydroxyl groups is 1. The number of carbonyl (C=O) groups is 2. The van der Waals surface area contributed by atoms with Gasteiger partial charge in [0.1, 0.15) is 6.26 Å². The van der Waals surface area contributed by atoms with Crippen LogP contribution in [0.25, 0.3) is 11.5 Å². The molecule has 2 heterocycles. The molecule has 166 valence electrons. The molecule has 2 aromatic carbocycles. The van der Waals surface area contributed by atoms with Crippen molar-refractivity contribution >= 4 is 11.8 Å². The quantitative estimate of drug-likeness (QED) is 0.619. The van der Waals surface area contributed by atoms with E-state index in [0.29, 0.717) is 17.1 Å². The second kappa shape index (κ2) is 9.78. The molecule has 4 rings (SSSR count). The van der Waals surface area contributed by atoms with Crippen molar-refractivity contribution in [3.63, 3.8) is 0 Å². The molecule has 32 heavy (non-hydrogen) atoms. The number of hydrogen-bond donors (Lipinski definition) is 2. The fraction of sp³-hybridized carbons (Fsp3) is 0.320. The Hall–Kier alpha value is -3.45. The molecule has 0 bridgehead atoms. The molecule has 7 nitrogen and oxygen atoms in total. The highest BCUT2D eigenvalue weighted by Crippen LogP contribution is 2.25. The third kappa shape index (κ3) is 4.89. The third-order valence-corrected chi connectivity index (χ3v) is 5.72. The van der Waals surface area contributed by atoms with E-state index in [2.05, 4.69) is 10.3 Å². The zero-order chi connectivity index (χ0) is 22.5. The van der Waals surface area contributed by atoms with Crippen LogP contribution in [0.3, 0.4) is 0 Å². The lowest BCUT2D eigenvalue weighted by Crippen LogP contribution is -2.35. The number of likely N-dealkylation sites (tertiary alicyclic amines) is 1. The molecule has 0 radical (unpaired) electrons. The molecule has 1 aromatic heterocycles. The second-order valence-corrected chi connectivity index (χ2v) is 8.07. The largest absolute Gasteiger partial charge is 0.444 e. The highest BCUT2D eigenvalue weighted by Gasteiger charge is 2.22. The van der Waals surface area contributed by atoms with E-state index in [0.717, 1.165) is 49.0 Å². The minimum Gasteiger partial charge on any atom is -0.444 e. The standard InChI is InChI=1S/C25H27N3O4/c1-17-14-18(15-26-23(30)22(29)19-8-4-2-5-9-19)10-11-20(17)24-27-21(16-32-24)25(31)28-12-6-3-7-13-28/h2,4-5,8-11,14,16,22,29H,3,6-7,12-13,15H2,1H3,(H,26,30)/t22-/m0/s1. The maximum Gasteiger partial charge on any atom is 0.275 e. The molecule has 2 N–H and O–H groups in total. The lowest BCUT2D eigenvalue weighted by molar-refractivity contribution is -0.129. The van der Waals surface area contributed by atoms with Gasteiger partial charge in [0.25, 0.3) is 11.8 Å². The van der Waals surface area contributed by atoms with Crippen LogP contribution in [0.15, 0.2) is 59.2 Å². The molecule has 0 aliphatic carbocycles. The van der Waals surface area contributed by atoms with Gasteiger partial charge < -0.3 is 19.7 Å². The number of aliphatic hydroxyl groups excluding tert-OH is 1. The number of amides is 2. The minimum atomic E-state index is -1.21. The van der Waals surface area contributed by atoms with Gasteiger partial charge >= 0.3 is 0 Å². The maximum absolute atomic E-state index is 12.6. The molecule has 3 aromatic rings. The van der Waals surface area contributed by atoms with Gasteiger partial charge in [0, 0.05) is 25.2 Å². The average molecular weight is 434 g/mol. The first kappa shape index (κ1) is 21.8. The highest BCUT2D eigenvalue weighted by atomic mass is 16.3. The van der Waals surface area contributed by atoms with Crippen molar-refractivity contribution in [1.82, 2.24) is 15.2 Å². The van der Waals surface area contributed by atoms with E-state index in [1.807, 2.05) is 36.1 Å². The van der Waals surface area contributed by atoms with E-state index in [9.17, 15) is 14.7 Å². The van der Waals surface area contributed by atoms with Crippen molar-refractivity contribution in [2.45, 2.75) is 38.8 Å². The molecular weight excluding hydrogens is 406 g/mol. The molecule has 1 aliphatic rings. The van der Waals surface area contributed by atoms with Crippen LogP contribution >= 0.6 is 0 Å². The van der Waals surface area contributed by atoms with Gasteiger partial charge in [0.15, 0.2) is 11.8 Å². The van der Waals surface area contributed by atoms with Crippen LogP contribution in [0.4, 0.5) is 0 Å². The van der Waals surface area contributed by atoms with Crippen molar-refractivity contribution < 1.29 is 19.1 Å². The lowest BCUT2D eigenvalue weighted by atomic mass is 10.0. The van der Waals surface area contributed by atoms with E-state index in [-0.39, 0.29) is 12.5 Å². The van der Waals surface area contributed by atoms with Crippen LogP contribution < -0.4 is 5.32 Å². The Morgan fingerprint density at radius 2 is 1.88 bits per heavy atom. The summed E-state index contributed by atoms with van der Waals surface area (Å²) in [6, 6.07) is 14.5. The summed E-state index contributed by atoms with van der Waals surface area (Å²) in [5.41, 5.74) is 3.47. The third-order valence-electron chi connectivity index (χ3n) is 5.72. The Labute approximate surface area is 187 Å². The zero-order valence-corrected chi connectivity index (χ0v) is 18.1. The van der Waals surface area contributed by atoms with Crippen LogP contribution in [-0.4, -0.2) is 39.9 Å². The van der Waals surface area contributed by atoms with Crippen molar-refractivity contribution in [2.75, 3.05) is 13.1 Å². The summed E-state index contributed by atoms with van der Waals surface area (Å²) in [6.45, 7) is 3.74. The Bertz CT molecular complexity index is 1090. The van der Waals surface area contributed by atoms with E-state index >= 15 is 0 Å². The van der Waals surface area contributed by atoms with Gasteiger partial charge in [-0.25, -0.2) is 4.98 Å². The topological polar surface area (TPSA) is 95.7 Å². The van der Waals surface area contributed by atoms with Crippen molar-refractivity contribution in [2.24, 2.45) is 0 Å². The molecule has 1 saturated heterocycles. The molecule has 0 saturated carbocycles. The van der Waals surface area contributed by atoms with Crippen molar-refractivity contribution in [3.8, 4) is 11.5 Å². The summed E-state index contributed by atoms with van der Waals surface area (Å²) in [6.07, 6.45) is 3.42. The summed E-state index contributed by atoms with van der Waals surface area (Å²) >= 11 is 0. The first-order valence-corrected chi connectivity index (χ1v) is 10.9. The fourth-order valence-corrected chi connectivity index (χ4v) is 3.90. The number of aryl methyl sites for hydroxylation is 1. The Morgan fingerprint density at radius 3 is 2.59 bits per heavy atom. The number of hydrogen-bond acceptors (Lipinski definition) is 5. The zero-order valence-electron chi connectivity index (χ0n) is 18.1. The number of carbonyl (C=O) groups excluding carboxylic acids is 2. The number of rotatable bonds is 6. The SMILES string of the molecule is Cc1cc(CNC(=O)[C@@H](O)c2ccccc2)ccc1-c1nc(C(=O)N2CCCCC2)co1. The average Bonchev–Trinajstić information content (AvgIpc) is 3.32. The number of aromatic nitrogens is 1. The van der Waals surface area contributed by atoms with Gasteiger partial charge in [-0.3, -0.25) is 9.59 Å². The van der Waals surface area contributed by atoms with Crippen LogP contribution in [0.2, 0.25) is 0 Å². The van der Waals surface area contributed by atoms with Crippen LogP contribution in [0.1, 0.15) is 52.5 Å². The Morgan fingerprint density at radius 1 is 1.12 bits per heavy atom. The molecular formula is C25H27N3O4. The van der Waals surface area contributed by atoms with Crippen LogP contribution in [0.5, 0.6) is 0 Å². The van der Waals surface area contributed by atoms with Crippen LogP contribution in [0, 0.1) is 6.92 Å². The molecule has 1 aliphatic heterocycles. The van der Waals surface area contributed by atoms with Gasteiger partial charge in [-0.15, -0.1) is 0 Å². The van der Waals surface area contributed by atoms with Crippen molar-refractivity contribution in [1.29, 1.82) is 0 Å². The maximum atomic E-state index is 12.6. The van der Waals surface area contributed by atoms with Gasteiger partial charge in [0.05, 0.1) is 0 Å². The number of nitrogens with zero attached hydrogens (tertiary/aromatic N) is 2. The Kier molecular flexibility index (Phi) is 6.66. The first-order chi connectivity index (χ1) is 15.5. The predicted octanol–water partition coefficient (Wildman–Crippen LogP) is 3.63. The number of nitrogens with one attached hydrogen (secondary N) is 1. The van der Waals surface area contributed by atoms with Crippen LogP contribution in [-0.2, 0) is 11.3 Å². The van der Waals surface area contributed by atoms with E-state index < -0.39 is 12.0 Å². The molecule has 0 spiro atoms. The summed E-state index contributed by atoms with van der Waals surface area (Å²) in [4.78, 5) is 31.1. The minimum absolute atomic E-state index is 0.0892. The van der Waals surface area contributed by atoms with Gasteiger partial charge in [-0.05, 0) is 48.9 Å². The van der Waals surface area contributed by atoms with Gasteiger partial charge in [-0.2, -0.15) is 0 Å². The summed E-state index contributed by atoms with van der Waals surface area (Å²) in [5.74, 6) is -0.141. The predicted molar refractivity (Wildman–Crippen MR) is 120 cm³/mol. The molecule has 2 amide bonds. The normalized spacial score (nSPS) is 14.8. The number of benzene rings is 2. The molecule has 1 fully saturated rings. The van der Waals surface area contributed by atoms with E-state index in [1.54, 1.807) is 24.3 Å².